The second-order valence-electron chi connectivity index (χ2n) is 4.24. The predicted molar refractivity (Wildman–Crippen MR) is 68.6 cm³/mol. The molecule has 0 atom stereocenters. The minimum atomic E-state index is 0.166. The fraction of sp³-hybridized carbons (Fsp3) is 0.308. The Balaban J connectivity index is 2.13. The van der Waals surface area contributed by atoms with E-state index >= 15 is 0 Å². The van der Waals surface area contributed by atoms with Crippen LogP contribution in [0.4, 0.5) is 0 Å². The van der Waals surface area contributed by atoms with Crippen molar-refractivity contribution in [1.82, 2.24) is 10.1 Å². The van der Waals surface area contributed by atoms with Gasteiger partial charge in [-0.15, -0.1) is 0 Å². The van der Waals surface area contributed by atoms with Crippen molar-refractivity contribution in [3.05, 3.63) is 23.6 Å². The first-order valence-electron chi connectivity index (χ1n) is 6.24. The first-order valence-corrected chi connectivity index (χ1v) is 6.24. The van der Waals surface area contributed by atoms with E-state index in [9.17, 15) is 4.79 Å². The van der Waals surface area contributed by atoms with E-state index in [-0.39, 0.29) is 6.54 Å². The largest absolute Gasteiger partial charge is 0.489 e. The zero-order valence-electron chi connectivity index (χ0n) is 10.7. The van der Waals surface area contributed by atoms with Crippen LogP contribution in [0.3, 0.4) is 0 Å². The van der Waals surface area contributed by atoms with Crippen LogP contribution in [0.5, 0.6) is 11.5 Å². The zero-order chi connectivity index (χ0) is 13.9. The molecule has 0 aliphatic carbocycles. The fourth-order valence-electron chi connectivity index (χ4n) is 1.99. The van der Waals surface area contributed by atoms with Crippen molar-refractivity contribution in [3.8, 4) is 22.9 Å². The van der Waals surface area contributed by atoms with Crippen LogP contribution in [-0.2, 0) is 6.54 Å². The first-order chi connectivity index (χ1) is 9.83. The Labute approximate surface area is 114 Å². The Morgan fingerprint density at radius 1 is 1.25 bits per heavy atom. The second kappa shape index (κ2) is 5.30. The highest BCUT2D eigenvalue weighted by Gasteiger charge is 2.22. The van der Waals surface area contributed by atoms with Crippen molar-refractivity contribution in [2.45, 2.75) is 13.0 Å². The number of hydrogen-bond donors (Lipinski definition) is 1. The highest BCUT2D eigenvalue weighted by molar-refractivity contribution is 5.85. The van der Waals surface area contributed by atoms with Gasteiger partial charge in [0.15, 0.2) is 17.8 Å². The van der Waals surface area contributed by atoms with Gasteiger partial charge in [0.2, 0.25) is 11.7 Å². The number of carbonyl (C=O) groups is 1. The molecule has 1 aliphatic rings. The third-order valence-electron chi connectivity index (χ3n) is 2.93. The lowest BCUT2D eigenvalue weighted by atomic mass is 10.1. The summed E-state index contributed by atoms with van der Waals surface area (Å²) < 4.78 is 16.3. The molecule has 0 saturated heterocycles. The molecule has 2 aromatic rings. The Morgan fingerprint density at radius 3 is 2.75 bits per heavy atom. The zero-order valence-corrected chi connectivity index (χ0v) is 10.7. The summed E-state index contributed by atoms with van der Waals surface area (Å²) in [6.07, 6.45) is 1.48. The van der Waals surface area contributed by atoms with E-state index in [1.807, 2.05) is 0 Å². The smallest absolute Gasteiger partial charge is 0.240 e. The Hall–Kier alpha value is -2.41. The first kappa shape index (κ1) is 12.6. The topological polar surface area (TPSA) is 100 Å². The van der Waals surface area contributed by atoms with Crippen LogP contribution in [0.2, 0.25) is 0 Å². The van der Waals surface area contributed by atoms with Crippen molar-refractivity contribution >= 4 is 6.29 Å². The monoisotopic (exact) mass is 275 g/mol. The van der Waals surface area contributed by atoms with Crippen molar-refractivity contribution in [1.29, 1.82) is 0 Å². The Kier molecular flexibility index (Phi) is 3.34. The van der Waals surface area contributed by atoms with Crippen LogP contribution >= 0.6 is 0 Å². The number of aldehydes is 1. The molecular weight excluding hydrogens is 262 g/mol. The maximum Gasteiger partial charge on any atom is 0.240 e. The molecule has 7 nitrogen and oxygen atoms in total. The van der Waals surface area contributed by atoms with Gasteiger partial charge in [-0.1, -0.05) is 5.16 Å². The summed E-state index contributed by atoms with van der Waals surface area (Å²) in [6, 6.07) is 3.36. The molecule has 0 unspecified atom stereocenters. The summed E-state index contributed by atoms with van der Waals surface area (Å²) in [5, 5.41) is 3.86. The third kappa shape index (κ3) is 2.12. The van der Waals surface area contributed by atoms with Crippen LogP contribution < -0.4 is 15.2 Å². The molecule has 1 aromatic heterocycles. The molecule has 0 saturated carbocycles. The minimum absolute atomic E-state index is 0.166. The van der Waals surface area contributed by atoms with Gasteiger partial charge in [-0.25, -0.2) is 0 Å². The Bertz CT molecular complexity index is 639. The van der Waals surface area contributed by atoms with Gasteiger partial charge >= 0.3 is 0 Å². The van der Waals surface area contributed by atoms with Gasteiger partial charge in [-0.2, -0.15) is 4.98 Å². The lowest BCUT2D eigenvalue weighted by Gasteiger charge is -2.12. The van der Waals surface area contributed by atoms with Crippen molar-refractivity contribution in [2.75, 3.05) is 13.2 Å². The van der Waals surface area contributed by atoms with Gasteiger partial charge in [0.25, 0.3) is 0 Å². The lowest BCUT2D eigenvalue weighted by molar-refractivity contribution is 0.111. The van der Waals surface area contributed by atoms with Gasteiger partial charge in [-0.3, -0.25) is 4.79 Å². The van der Waals surface area contributed by atoms with Gasteiger partial charge in [0.1, 0.15) is 0 Å². The number of ether oxygens (including phenoxy) is 2. The van der Waals surface area contributed by atoms with Crippen LogP contribution in [-0.4, -0.2) is 29.6 Å². The molecule has 0 bridgehead atoms. The quantitative estimate of drug-likeness (QED) is 0.839. The number of carbonyl (C=O) groups excluding carboxylic acids is 1. The lowest BCUT2D eigenvalue weighted by Crippen LogP contribution is -1.99. The predicted octanol–water partition coefficient (Wildman–Crippen LogP) is 1.17. The minimum Gasteiger partial charge on any atom is -0.489 e. The van der Waals surface area contributed by atoms with E-state index in [4.69, 9.17) is 19.7 Å². The summed E-state index contributed by atoms with van der Waals surface area (Å²) in [7, 11) is 0. The molecule has 1 aromatic carbocycles. The number of aromatic nitrogens is 2. The van der Waals surface area contributed by atoms with E-state index in [1.54, 1.807) is 12.1 Å². The molecule has 2 N–H and O–H groups in total. The van der Waals surface area contributed by atoms with Crippen molar-refractivity contribution in [3.63, 3.8) is 0 Å². The highest BCUT2D eigenvalue weighted by atomic mass is 16.5. The van der Waals surface area contributed by atoms with Crippen molar-refractivity contribution in [2.24, 2.45) is 5.73 Å². The third-order valence-corrected chi connectivity index (χ3v) is 2.93. The highest BCUT2D eigenvalue weighted by Crippen LogP contribution is 2.40. The summed E-state index contributed by atoms with van der Waals surface area (Å²) in [4.78, 5) is 15.3. The number of nitrogens with zero attached hydrogens (tertiary/aromatic N) is 2. The summed E-state index contributed by atoms with van der Waals surface area (Å²) >= 11 is 0. The van der Waals surface area contributed by atoms with E-state index in [0.29, 0.717) is 47.6 Å². The average Bonchev–Trinajstić information content (AvgIpc) is 2.82. The maximum atomic E-state index is 11.1. The Morgan fingerprint density at radius 2 is 2.05 bits per heavy atom. The number of benzene rings is 1. The summed E-state index contributed by atoms with van der Waals surface area (Å²) in [6.45, 7) is 1.17. The molecule has 3 rings (SSSR count). The SMILES string of the molecule is NCc1nc(-c2ccc(C=O)c3c2OCCCO3)no1. The van der Waals surface area contributed by atoms with Crippen LogP contribution in [0.15, 0.2) is 16.7 Å². The number of hydrogen-bond acceptors (Lipinski definition) is 7. The second-order valence-corrected chi connectivity index (χ2v) is 4.24. The van der Waals surface area contributed by atoms with Gasteiger partial charge in [-0.05, 0) is 12.1 Å². The molecule has 104 valence electrons. The average molecular weight is 275 g/mol. The van der Waals surface area contributed by atoms with Crippen LogP contribution in [0.25, 0.3) is 11.4 Å². The number of nitrogens with two attached hydrogens (primary N) is 1. The standard InChI is InChI=1S/C13H13N3O4/c14-6-10-15-13(16-20-10)9-3-2-8(7-17)11-12(9)19-5-1-4-18-11/h2-3,7H,1,4-6,14H2. The molecule has 0 radical (unpaired) electrons. The van der Waals surface area contributed by atoms with E-state index in [2.05, 4.69) is 10.1 Å². The molecule has 0 fully saturated rings. The molecule has 20 heavy (non-hydrogen) atoms. The van der Waals surface area contributed by atoms with E-state index < -0.39 is 0 Å². The van der Waals surface area contributed by atoms with Crippen LogP contribution in [0.1, 0.15) is 22.7 Å². The van der Waals surface area contributed by atoms with E-state index in [1.165, 1.54) is 0 Å². The number of rotatable bonds is 3. The van der Waals surface area contributed by atoms with Gasteiger partial charge in [0.05, 0.1) is 30.9 Å². The summed E-state index contributed by atoms with van der Waals surface area (Å²) in [5.74, 6) is 1.60. The number of fused-ring (bicyclic) bond motifs is 1. The van der Waals surface area contributed by atoms with Crippen LogP contribution in [0, 0.1) is 0 Å². The van der Waals surface area contributed by atoms with E-state index in [0.717, 1.165) is 12.7 Å². The molecule has 0 spiro atoms. The van der Waals surface area contributed by atoms with Gasteiger partial charge in [0, 0.05) is 6.42 Å². The molecule has 0 amide bonds. The van der Waals surface area contributed by atoms with Gasteiger partial charge < -0.3 is 19.7 Å². The summed E-state index contributed by atoms with van der Waals surface area (Å²) in [5.41, 5.74) is 6.51. The molecular formula is C13H13N3O4. The molecule has 7 heteroatoms. The fourth-order valence-corrected chi connectivity index (χ4v) is 1.99. The molecule has 1 aliphatic heterocycles. The molecule has 2 heterocycles. The maximum absolute atomic E-state index is 11.1. The normalized spacial score (nSPS) is 13.8. The van der Waals surface area contributed by atoms with Crippen molar-refractivity contribution < 1.29 is 18.8 Å².